The van der Waals surface area contributed by atoms with Crippen LogP contribution in [0, 0.1) is 0 Å². The Balaban J connectivity index is 1.19. The second kappa shape index (κ2) is 13.2. The summed E-state index contributed by atoms with van der Waals surface area (Å²) in [5.41, 5.74) is 6.05. The van der Waals surface area contributed by atoms with Crippen molar-refractivity contribution in [2.45, 2.75) is 25.8 Å². The summed E-state index contributed by atoms with van der Waals surface area (Å²) in [4.78, 5) is 34.0. The maximum Gasteiger partial charge on any atom is 0.404 e. The van der Waals surface area contributed by atoms with E-state index in [0.717, 1.165) is 60.6 Å². The van der Waals surface area contributed by atoms with Gasteiger partial charge in [-0.1, -0.05) is 12.1 Å². The van der Waals surface area contributed by atoms with Crippen LogP contribution in [0.5, 0.6) is 11.5 Å². The number of carboxylic acid groups (broad SMARTS) is 1. The first-order valence-corrected chi connectivity index (χ1v) is 13.8. The average molecular weight is 571 g/mol. The van der Waals surface area contributed by atoms with Gasteiger partial charge in [0.25, 0.3) is 0 Å². The van der Waals surface area contributed by atoms with Gasteiger partial charge in [-0.2, -0.15) is 0 Å². The number of ether oxygens (including phenoxy) is 2. The van der Waals surface area contributed by atoms with Gasteiger partial charge in [-0.25, -0.2) is 14.8 Å². The largest absolute Gasteiger partial charge is 0.493 e. The third kappa shape index (κ3) is 7.05. The van der Waals surface area contributed by atoms with Crippen LogP contribution in [-0.2, 0) is 24.2 Å². The Labute approximate surface area is 243 Å². The van der Waals surface area contributed by atoms with Crippen molar-refractivity contribution in [1.29, 1.82) is 0 Å². The second-order valence-corrected chi connectivity index (χ2v) is 10.1. The lowest BCUT2D eigenvalue weighted by Crippen LogP contribution is -2.32. The normalized spacial score (nSPS) is 12.8. The van der Waals surface area contributed by atoms with Crippen LogP contribution in [0.1, 0.15) is 23.1 Å². The molecular formula is C31H34N6O5. The number of rotatable bonds is 11. The molecule has 11 heteroatoms. The molecule has 0 radical (unpaired) electrons. The lowest BCUT2D eigenvalue weighted by molar-refractivity contribution is -0.116. The molecule has 1 aliphatic heterocycles. The van der Waals surface area contributed by atoms with Gasteiger partial charge < -0.3 is 30.5 Å². The molecule has 0 saturated carbocycles. The number of benzene rings is 3. The number of aromatic nitrogens is 2. The molecule has 3 aromatic carbocycles. The highest BCUT2D eigenvalue weighted by Gasteiger charge is 2.19. The minimum absolute atomic E-state index is 0.0299. The third-order valence-corrected chi connectivity index (χ3v) is 7.28. The number of nitrogens with zero attached hydrogens (tertiary/aromatic N) is 3. The molecule has 5 rings (SSSR count). The van der Waals surface area contributed by atoms with Crippen LogP contribution in [0.3, 0.4) is 0 Å². The summed E-state index contributed by atoms with van der Waals surface area (Å²) < 4.78 is 10.9. The summed E-state index contributed by atoms with van der Waals surface area (Å²) in [5, 5.41) is 17.8. The molecule has 2 heterocycles. The molecule has 218 valence electrons. The molecule has 0 unspecified atom stereocenters. The lowest BCUT2D eigenvalue weighted by Gasteiger charge is -2.29. The predicted molar refractivity (Wildman–Crippen MR) is 161 cm³/mol. The Kier molecular flexibility index (Phi) is 8.98. The molecule has 11 nitrogen and oxygen atoms in total. The maximum atomic E-state index is 12.2. The van der Waals surface area contributed by atoms with Gasteiger partial charge in [0, 0.05) is 49.4 Å². The SMILES string of the molecule is COc1cc2c(cc1OC)CN(CCc1ccc(Nc3ncnc4ccc(NC(=O)CCNC(=O)O)cc34)cc1)CC2. The maximum absolute atomic E-state index is 12.2. The Morgan fingerprint density at radius 3 is 2.43 bits per heavy atom. The standard InChI is InChI=1S/C31H34N6O5/c1-41-27-15-21-11-14-37(18-22(21)16-28(27)42-2)13-10-20-3-5-23(6-4-20)36-30-25-17-24(7-8-26(25)33-19-34-30)35-29(38)9-12-32-31(39)40/h3-8,15-17,19,32H,9-14,18H2,1-2H3,(H,35,38)(H,39,40)(H,33,34,36). The molecular weight excluding hydrogens is 536 g/mol. The van der Waals surface area contributed by atoms with E-state index < -0.39 is 6.09 Å². The Bertz CT molecular complexity index is 1580. The third-order valence-electron chi connectivity index (χ3n) is 7.28. The minimum atomic E-state index is -1.16. The molecule has 0 atom stereocenters. The molecule has 0 fully saturated rings. The van der Waals surface area contributed by atoms with Crippen molar-refractivity contribution < 1.29 is 24.2 Å². The summed E-state index contributed by atoms with van der Waals surface area (Å²) in [6, 6.07) is 17.9. The highest BCUT2D eigenvalue weighted by atomic mass is 16.5. The van der Waals surface area contributed by atoms with Crippen molar-refractivity contribution in [3.05, 3.63) is 77.6 Å². The number of hydrogen-bond acceptors (Lipinski definition) is 8. The summed E-state index contributed by atoms with van der Waals surface area (Å²) in [7, 11) is 3.34. The summed E-state index contributed by atoms with van der Waals surface area (Å²) in [6.07, 6.45) is 2.29. The van der Waals surface area contributed by atoms with Crippen molar-refractivity contribution in [3.63, 3.8) is 0 Å². The second-order valence-electron chi connectivity index (χ2n) is 10.1. The van der Waals surface area contributed by atoms with E-state index in [2.05, 4.69) is 55.1 Å². The zero-order chi connectivity index (χ0) is 29.5. The van der Waals surface area contributed by atoms with Crippen LogP contribution < -0.4 is 25.4 Å². The van der Waals surface area contributed by atoms with E-state index in [1.54, 1.807) is 26.4 Å². The highest BCUT2D eigenvalue weighted by Crippen LogP contribution is 2.33. The van der Waals surface area contributed by atoms with Gasteiger partial charge in [-0.3, -0.25) is 9.69 Å². The smallest absolute Gasteiger partial charge is 0.404 e. The number of amides is 2. The molecule has 1 aliphatic rings. The fourth-order valence-electron chi connectivity index (χ4n) is 5.05. The minimum Gasteiger partial charge on any atom is -0.493 e. The molecule has 0 saturated heterocycles. The lowest BCUT2D eigenvalue weighted by atomic mass is 9.98. The van der Waals surface area contributed by atoms with Gasteiger partial charge in [0.1, 0.15) is 12.1 Å². The fourth-order valence-corrected chi connectivity index (χ4v) is 5.05. The zero-order valence-corrected chi connectivity index (χ0v) is 23.6. The predicted octanol–water partition coefficient (Wildman–Crippen LogP) is 4.59. The van der Waals surface area contributed by atoms with Crippen LogP contribution >= 0.6 is 0 Å². The molecule has 4 aromatic rings. The van der Waals surface area contributed by atoms with Crippen molar-refractivity contribution in [2.75, 3.05) is 44.5 Å². The van der Waals surface area contributed by atoms with E-state index in [0.29, 0.717) is 11.5 Å². The van der Waals surface area contributed by atoms with Gasteiger partial charge in [0.2, 0.25) is 5.91 Å². The number of anilines is 3. The fraction of sp³-hybridized carbons (Fsp3) is 0.290. The first-order chi connectivity index (χ1) is 20.4. The number of methoxy groups -OCH3 is 2. The highest BCUT2D eigenvalue weighted by molar-refractivity contribution is 5.97. The Hall–Kier alpha value is -4.90. The Morgan fingerprint density at radius 2 is 1.69 bits per heavy atom. The monoisotopic (exact) mass is 570 g/mol. The molecule has 42 heavy (non-hydrogen) atoms. The van der Waals surface area contributed by atoms with Crippen LogP contribution in [0.2, 0.25) is 0 Å². The summed E-state index contributed by atoms with van der Waals surface area (Å²) in [5.74, 6) is 1.88. The first-order valence-electron chi connectivity index (χ1n) is 13.8. The van der Waals surface area contributed by atoms with Crippen molar-refractivity contribution in [2.24, 2.45) is 0 Å². The van der Waals surface area contributed by atoms with Crippen LogP contribution in [0.15, 0.2) is 60.9 Å². The molecule has 2 amide bonds. The number of nitrogens with one attached hydrogen (secondary N) is 3. The van der Waals surface area contributed by atoms with Crippen molar-refractivity contribution in [3.8, 4) is 11.5 Å². The topological polar surface area (TPSA) is 138 Å². The number of hydrogen-bond donors (Lipinski definition) is 4. The zero-order valence-electron chi connectivity index (χ0n) is 23.6. The summed E-state index contributed by atoms with van der Waals surface area (Å²) in [6.45, 7) is 2.89. The van der Waals surface area contributed by atoms with E-state index in [-0.39, 0.29) is 18.9 Å². The van der Waals surface area contributed by atoms with E-state index in [9.17, 15) is 9.59 Å². The summed E-state index contributed by atoms with van der Waals surface area (Å²) >= 11 is 0. The molecule has 0 spiro atoms. The number of fused-ring (bicyclic) bond motifs is 2. The van der Waals surface area contributed by atoms with Gasteiger partial charge in [0.05, 0.1) is 19.7 Å². The molecule has 1 aromatic heterocycles. The van der Waals surface area contributed by atoms with Gasteiger partial charge in [-0.15, -0.1) is 0 Å². The van der Waals surface area contributed by atoms with E-state index in [1.807, 2.05) is 18.2 Å². The average Bonchev–Trinajstić information content (AvgIpc) is 3.00. The van der Waals surface area contributed by atoms with E-state index in [1.165, 1.54) is 23.0 Å². The van der Waals surface area contributed by atoms with Gasteiger partial charge in [0.15, 0.2) is 11.5 Å². The molecule has 0 bridgehead atoms. The van der Waals surface area contributed by atoms with Gasteiger partial charge >= 0.3 is 6.09 Å². The van der Waals surface area contributed by atoms with Crippen LogP contribution in [-0.4, -0.2) is 65.8 Å². The Morgan fingerprint density at radius 1 is 0.952 bits per heavy atom. The van der Waals surface area contributed by atoms with Crippen molar-refractivity contribution in [1.82, 2.24) is 20.2 Å². The number of carbonyl (C=O) groups is 2. The van der Waals surface area contributed by atoms with Gasteiger partial charge in [-0.05, 0) is 72.0 Å². The quantitative estimate of drug-likeness (QED) is 0.204. The van der Waals surface area contributed by atoms with Crippen LogP contribution in [0.4, 0.5) is 22.0 Å². The molecule has 0 aliphatic carbocycles. The first kappa shape index (κ1) is 28.6. The number of carbonyl (C=O) groups excluding carboxylic acids is 1. The van der Waals surface area contributed by atoms with E-state index in [4.69, 9.17) is 14.6 Å². The van der Waals surface area contributed by atoms with E-state index >= 15 is 0 Å². The van der Waals surface area contributed by atoms with Crippen molar-refractivity contribution >= 4 is 40.1 Å². The molecule has 4 N–H and O–H groups in total. The van der Waals surface area contributed by atoms with Crippen LogP contribution in [0.25, 0.3) is 10.9 Å².